The van der Waals surface area contributed by atoms with Gasteiger partial charge in [-0.25, -0.2) is 4.90 Å². The Morgan fingerprint density at radius 1 is 0.833 bits per heavy atom. The lowest BCUT2D eigenvalue weighted by atomic mass is 10.1. The number of benzene rings is 3. The van der Waals surface area contributed by atoms with Crippen LogP contribution in [-0.2, 0) is 14.4 Å². The Balaban J connectivity index is 1.53. The van der Waals surface area contributed by atoms with Crippen molar-refractivity contribution >= 4 is 69.6 Å². The molecular weight excluding hydrogens is 503 g/mol. The van der Waals surface area contributed by atoms with Crippen LogP contribution in [0.4, 0.5) is 22.7 Å². The Bertz CT molecular complexity index is 1430. The minimum Gasteiger partial charge on any atom is -0.349 e. The highest BCUT2D eigenvalue weighted by Gasteiger charge is 2.39. The second-order valence-electron chi connectivity index (χ2n) is 7.98. The maximum Gasteiger partial charge on any atom is 0.283 e. The molecule has 0 fully saturated rings. The molecule has 0 saturated carbocycles. The molecule has 1 aliphatic heterocycles. The number of carbonyl (C=O) groups excluding carboxylic acids is 4. The Kier molecular flexibility index (Phi) is 7.10. The van der Waals surface area contributed by atoms with Crippen LogP contribution in [0.15, 0.2) is 77.5 Å². The van der Waals surface area contributed by atoms with E-state index in [9.17, 15) is 19.2 Å². The molecule has 3 aromatic rings. The zero-order valence-corrected chi connectivity index (χ0v) is 20.7. The number of nitrogens with one attached hydrogen (secondary N) is 3. The number of hydrogen-bond acceptors (Lipinski definition) is 5. The molecule has 0 bridgehead atoms. The molecule has 10 heteroatoms. The van der Waals surface area contributed by atoms with E-state index in [0.717, 1.165) is 10.5 Å². The van der Waals surface area contributed by atoms with Gasteiger partial charge in [-0.05, 0) is 67.1 Å². The number of carbonyl (C=O) groups is 4. The first-order valence-corrected chi connectivity index (χ1v) is 11.5. The molecular formula is C26H20Cl2N4O4. The SMILES string of the molecule is CC(=O)Nc1ccc(NC(=O)c2ccc(C)c(NC3=C(Cl)C(=O)N(c4cccc(Cl)c4)C3=O)c2)cc1. The largest absolute Gasteiger partial charge is 0.349 e. The number of nitrogens with zero attached hydrogens (tertiary/aromatic N) is 1. The molecule has 0 spiro atoms. The van der Waals surface area contributed by atoms with Gasteiger partial charge in [-0.15, -0.1) is 0 Å². The summed E-state index contributed by atoms with van der Waals surface area (Å²) in [6.45, 7) is 3.20. The first-order chi connectivity index (χ1) is 17.1. The number of amides is 4. The number of halogens is 2. The van der Waals surface area contributed by atoms with Crippen molar-refractivity contribution in [3.8, 4) is 0 Å². The van der Waals surface area contributed by atoms with Crippen molar-refractivity contribution in [1.29, 1.82) is 0 Å². The minimum atomic E-state index is -0.680. The van der Waals surface area contributed by atoms with Gasteiger partial charge in [0.15, 0.2) is 0 Å². The van der Waals surface area contributed by atoms with Crippen LogP contribution in [0, 0.1) is 6.92 Å². The van der Waals surface area contributed by atoms with Crippen LogP contribution in [0.1, 0.15) is 22.8 Å². The van der Waals surface area contributed by atoms with E-state index < -0.39 is 11.8 Å². The van der Waals surface area contributed by atoms with E-state index in [2.05, 4.69) is 16.0 Å². The van der Waals surface area contributed by atoms with Crippen LogP contribution in [0.25, 0.3) is 0 Å². The van der Waals surface area contributed by atoms with Gasteiger partial charge in [0, 0.05) is 34.6 Å². The molecule has 8 nitrogen and oxygen atoms in total. The van der Waals surface area contributed by atoms with Gasteiger partial charge in [-0.2, -0.15) is 0 Å². The van der Waals surface area contributed by atoms with Crippen LogP contribution >= 0.6 is 23.2 Å². The second kappa shape index (κ2) is 10.2. The van der Waals surface area contributed by atoms with Crippen molar-refractivity contribution in [3.63, 3.8) is 0 Å². The van der Waals surface area contributed by atoms with E-state index in [-0.39, 0.29) is 22.5 Å². The van der Waals surface area contributed by atoms with Crippen molar-refractivity contribution in [1.82, 2.24) is 0 Å². The highest BCUT2D eigenvalue weighted by molar-refractivity contribution is 6.53. The average molecular weight is 523 g/mol. The predicted octanol–water partition coefficient (Wildman–Crippen LogP) is 5.29. The fourth-order valence-electron chi connectivity index (χ4n) is 3.54. The summed E-state index contributed by atoms with van der Waals surface area (Å²) in [5, 5.41) is 8.45. The van der Waals surface area contributed by atoms with Crippen molar-refractivity contribution in [3.05, 3.63) is 93.6 Å². The van der Waals surface area contributed by atoms with Gasteiger partial charge in [0.1, 0.15) is 10.7 Å². The van der Waals surface area contributed by atoms with Gasteiger partial charge in [-0.1, -0.05) is 35.3 Å². The minimum absolute atomic E-state index is 0.101. The van der Waals surface area contributed by atoms with Crippen LogP contribution in [0.5, 0.6) is 0 Å². The topological polar surface area (TPSA) is 108 Å². The Labute approximate surface area is 216 Å². The van der Waals surface area contributed by atoms with Crippen LogP contribution in [-0.4, -0.2) is 23.6 Å². The summed E-state index contributed by atoms with van der Waals surface area (Å²) in [7, 11) is 0. The number of aryl methyl sites for hydroxylation is 1. The van der Waals surface area contributed by atoms with E-state index in [4.69, 9.17) is 23.2 Å². The summed E-state index contributed by atoms with van der Waals surface area (Å²) in [5.41, 5.74) is 2.81. The first kappa shape index (κ1) is 25.0. The van der Waals surface area contributed by atoms with Gasteiger partial charge in [0.2, 0.25) is 5.91 Å². The first-order valence-electron chi connectivity index (χ1n) is 10.7. The molecule has 4 amide bonds. The lowest BCUT2D eigenvalue weighted by molar-refractivity contribution is -0.120. The molecule has 36 heavy (non-hydrogen) atoms. The van der Waals surface area contributed by atoms with E-state index in [1.54, 1.807) is 67.6 Å². The fraction of sp³-hybridized carbons (Fsp3) is 0.0769. The highest BCUT2D eigenvalue weighted by atomic mass is 35.5. The number of imide groups is 1. The van der Waals surface area contributed by atoms with E-state index in [0.29, 0.717) is 33.3 Å². The quantitative estimate of drug-likeness (QED) is 0.381. The lowest BCUT2D eigenvalue weighted by Gasteiger charge is -2.16. The molecule has 0 unspecified atom stereocenters. The summed E-state index contributed by atoms with van der Waals surface area (Å²) < 4.78 is 0. The molecule has 1 heterocycles. The number of hydrogen-bond donors (Lipinski definition) is 3. The molecule has 0 radical (unpaired) electrons. The number of anilines is 4. The second-order valence-corrected chi connectivity index (χ2v) is 8.80. The third-order valence-electron chi connectivity index (χ3n) is 5.32. The van der Waals surface area contributed by atoms with E-state index in [1.807, 2.05) is 0 Å². The smallest absolute Gasteiger partial charge is 0.283 e. The maximum absolute atomic E-state index is 13.1. The van der Waals surface area contributed by atoms with Crippen molar-refractivity contribution < 1.29 is 19.2 Å². The molecule has 0 saturated heterocycles. The summed E-state index contributed by atoms with van der Waals surface area (Å²) in [4.78, 5) is 50.7. The molecule has 0 aromatic heterocycles. The Morgan fingerprint density at radius 2 is 1.50 bits per heavy atom. The summed E-state index contributed by atoms with van der Waals surface area (Å²) in [6.07, 6.45) is 0. The van der Waals surface area contributed by atoms with Gasteiger partial charge in [-0.3, -0.25) is 19.2 Å². The van der Waals surface area contributed by atoms with Gasteiger partial charge < -0.3 is 16.0 Å². The van der Waals surface area contributed by atoms with Crippen LogP contribution < -0.4 is 20.9 Å². The van der Waals surface area contributed by atoms with Crippen molar-refractivity contribution in [2.75, 3.05) is 20.9 Å². The summed E-state index contributed by atoms with van der Waals surface area (Å²) in [5.74, 6) is -1.90. The number of rotatable bonds is 6. The zero-order valence-electron chi connectivity index (χ0n) is 19.2. The normalized spacial score (nSPS) is 13.2. The summed E-state index contributed by atoms with van der Waals surface area (Å²) in [6, 6.07) is 17.9. The van der Waals surface area contributed by atoms with Gasteiger partial charge >= 0.3 is 0 Å². The Morgan fingerprint density at radius 3 is 2.14 bits per heavy atom. The molecule has 3 aromatic carbocycles. The van der Waals surface area contributed by atoms with Crippen LogP contribution in [0.3, 0.4) is 0 Å². The Hall–Kier alpha value is -4.14. The van der Waals surface area contributed by atoms with Gasteiger partial charge in [0.25, 0.3) is 17.7 Å². The fourth-order valence-corrected chi connectivity index (χ4v) is 3.93. The predicted molar refractivity (Wildman–Crippen MR) is 140 cm³/mol. The van der Waals surface area contributed by atoms with Crippen molar-refractivity contribution in [2.24, 2.45) is 0 Å². The maximum atomic E-state index is 13.1. The molecule has 4 rings (SSSR count). The average Bonchev–Trinajstić information content (AvgIpc) is 3.04. The monoisotopic (exact) mass is 522 g/mol. The molecule has 0 atom stereocenters. The molecule has 3 N–H and O–H groups in total. The van der Waals surface area contributed by atoms with Gasteiger partial charge in [0.05, 0.1) is 5.69 Å². The van der Waals surface area contributed by atoms with Crippen LogP contribution in [0.2, 0.25) is 5.02 Å². The molecule has 1 aliphatic rings. The standard InChI is InChI=1S/C26H20Cl2N4O4/c1-14-6-7-16(24(34)30-19-10-8-18(9-11-19)29-15(2)33)12-21(14)31-23-22(28)25(35)32(26(23)36)20-5-3-4-17(27)13-20/h3-13,31H,1-2H3,(H,29,33)(H,30,34). The van der Waals surface area contributed by atoms with Crippen molar-refractivity contribution in [2.45, 2.75) is 13.8 Å². The highest BCUT2D eigenvalue weighted by Crippen LogP contribution is 2.32. The third-order valence-corrected chi connectivity index (χ3v) is 5.90. The summed E-state index contributed by atoms with van der Waals surface area (Å²) >= 11 is 12.2. The lowest BCUT2D eigenvalue weighted by Crippen LogP contribution is -2.32. The van der Waals surface area contributed by atoms with E-state index >= 15 is 0 Å². The third kappa shape index (κ3) is 5.25. The molecule has 182 valence electrons. The zero-order chi connectivity index (χ0) is 26.0. The van der Waals surface area contributed by atoms with E-state index in [1.165, 1.54) is 13.0 Å². The molecule has 0 aliphatic carbocycles.